The second kappa shape index (κ2) is 6.98. The summed E-state index contributed by atoms with van der Waals surface area (Å²) < 4.78 is 5.78. The molecule has 0 aromatic heterocycles. The third kappa shape index (κ3) is 2.86. The molecule has 144 valence electrons. The van der Waals surface area contributed by atoms with E-state index in [2.05, 4.69) is 0 Å². The fraction of sp³-hybridized carbons (Fsp3) is 0.286. The van der Waals surface area contributed by atoms with Crippen LogP contribution < -0.4 is 4.90 Å². The number of anilines is 1. The minimum atomic E-state index is -1.15. The van der Waals surface area contributed by atoms with Crippen LogP contribution in [-0.4, -0.2) is 41.6 Å². The van der Waals surface area contributed by atoms with Crippen molar-refractivity contribution < 1.29 is 19.1 Å². The van der Waals surface area contributed by atoms with Gasteiger partial charge in [0.2, 0.25) is 12.0 Å². The van der Waals surface area contributed by atoms with Crippen molar-refractivity contribution in [3.63, 3.8) is 0 Å². The fourth-order valence-electron chi connectivity index (χ4n) is 3.59. The third-order valence-electron chi connectivity index (χ3n) is 4.98. The Morgan fingerprint density at radius 3 is 2.50 bits per heavy atom. The van der Waals surface area contributed by atoms with Gasteiger partial charge in [-0.2, -0.15) is 0 Å². The first-order chi connectivity index (χ1) is 13.4. The Balaban J connectivity index is 1.68. The first-order valence-electron chi connectivity index (χ1n) is 9.02. The number of rotatable bonds is 4. The van der Waals surface area contributed by atoms with Crippen LogP contribution in [-0.2, 0) is 19.1 Å². The standard InChI is InChI=1S/C21H20N2O4S/c1-22(2)19(25)18(14-8-4-3-5-9-14)27-20(26)21-13-12-17(24)23(21)15-10-6-7-11-16(15)28-21/h3-11,18H,12-13H2,1-2H3. The van der Waals surface area contributed by atoms with Crippen LogP contribution in [0.4, 0.5) is 5.69 Å². The van der Waals surface area contributed by atoms with Gasteiger partial charge in [0, 0.05) is 37.4 Å². The molecular weight excluding hydrogens is 376 g/mol. The summed E-state index contributed by atoms with van der Waals surface area (Å²) in [4.78, 5) is 41.3. The molecule has 2 heterocycles. The van der Waals surface area contributed by atoms with Gasteiger partial charge in [0.15, 0.2) is 4.87 Å². The van der Waals surface area contributed by atoms with Crippen molar-refractivity contribution in [1.29, 1.82) is 0 Å². The van der Waals surface area contributed by atoms with Gasteiger partial charge in [-0.05, 0) is 12.1 Å². The number of likely N-dealkylation sites (N-methyl/N-ethyl adjacent to an activating group) is 1. The summed E-state index contributed by atoms with van der Waals surface area (Å²) in [7, 11) is 3.24. The third-order valence-corrected chi connectivity index (χ3v) is 6.44. The van der Waals surface area contributed by atoms with Crippen LogP contribution in [0.5, 0.6) is 0 Å². The number of benzene rings is 2. The molecule has 1 fully saturated rings. The minimum Gasteiger partial charge on any atom is -0.445 e. The number of ether oxygens (including phenoxy) is 1. The van der Waals surface area contributed by atoms with E-state index >= 15 is 0 Å². The molecule has 1 saturated heterocycles. The van der Waals surface area contributed by atoms with Crippen molar-refractivity contribution in [3.8, 4) is 0 Å². The lowest BCUT2D eigenvalue weighted by molar-refractivity contribution is -0.161. The number of para-hydroxylation sites is 1. The van der Waals surface area contributed by atoms with Crippen LogP contribution in [0, 0.1) is 0 Å². The second-order valence-electron chi connectivity index (χ2n) is 7.01. The summed E-state index contributed by atoms with van der Waals surface area (Å²) in [5.74, 6) is -1.000. The molecule has 0 N–H and O–H groups in total. The first kappa shape index (κ1) is 18.6. The number of hydrogen-bond acceptors (Lipinski definition) is 5. The lowest BCUT2D eigenvalue weighted by Gasteiger charge is -2.31. The zero-order valence-electron chi connectivity index (χ0n) is 15.6. The molecule has 2 aliphatic rings. The highest BCUT2D eigenvalue weighted by Gasteiger charge is 2.59. The summed E-state index contributed by atoms with van der Waals surface area (Å²) in [6.45, 7) is 0. The largest absolute Gasteiger partial charge is 0.445 e. The smallest absolute Gasteiger partial charge is 0.344 e. The Bertz CT molecular complexity index is 946. The number of esters is 1. The normalized spacial score (nSPS) is 21.1. The average Bonchev–Trinajstić information content (AvgIpc) is 3.22. The highest BCUT2D eigenvalue weighted by molar-refractivity contribution is 8.02. The van der Waals surface area contributed by atoms with E-state index in [0.29, 0.717) is 12.0 Å². The molecule has 0 radical (unpaired) electrons. The van der Waals surface area contributed by atoms with Crippen LogP contribution in [0.3, 0.4) is 0 Å². The summed E-state index contributed by atoms with van der Waals surface area (Å²) in [6.07, 6.45) is -0.435. The Morgan fingerprint density at radius 1 is 1.11 bits per heavy atom. The molecule has 0 bridgehead atoms. The van der Waals surface area contributed by atoms with Gasteiger partial charge in [-0.15, -0.1) is 0 Å². The van der Waals surface area contributed by atoms with E-state index in [1.54, 1.807) is 38.4 Å². The van der Waals surface area contributed by atoms with Gasteiger partial charge >= 0.3 is 5.97 Å². The maximum absolute atomic E-state index is 13.4. The van der Waals surface area contributed by atoms with Crippen LogP contribution in [0.1, 0.15) is 24.5 Å². The lowest BCUT2D eigenvalue weighted by atomic mass is 10.1. The van der Waals surface area contributed by atoms with Gasteiger partial charge in [-0.25, -0.2) is 4.79 Å². The average molecular weight is 396 g/mol. The number of hydrogen-bond donors (Lipinski definition) is 0. The number of nitrogens with zero attached hydrogens (tertiary/aromatic N) is 2. The number of thioether (sulfide) groups is 1. The molecule has 2 amide bonds. The van der Waals surface area contributed by atoms with E-state index in [1.165, 1.54) is 21.6 Å². The maximum Gasteiger partial charge on any atom is 0.344 e. The molecule has 2 aromatic rings. The van der Waals surface area contributed by atoms with Crippen molar-refractivity contribution in [2.45, 2.75) is 28.7 Å². The van der Waals surface area contributed by atoms with Crippen molar-refractivity contribution in [2.75, 3.05) is 19.0 Å². The summed E-state index contributed by atoms with van der Waals surface area (Å²) >= 11 is 1.33. The molecule has 2 atom stereocenters. The van der Waals surface area contributed by atoms with Crippen molar-refractivity contribution in [1.82, 2.24) is 4.90 Å². The Kier molecular flexibility index (Phi) is 4.63. The zero-order valence-corrected chi connectivity index (χ0v) is 16.4. The summed E-state index contributed by atoms with van der Waals surface area (Å²) in [5, 5.41) is 0. The predicted octanol–water partition coefficient (Wildman–Crippen LogP) is 2.99. The van der Waals surface area contributed by atoms with E-state index < -0.39 is 16.9 Å². The van der Waals surface area contributed by atoms with Gasteiger partial charge in [0.25, 0.3) is 5.91 Å². The highest BCUT2D eigenvalue weighted by Crippen LogP contribution is 2.56. The van der Waals surface area contributed by atoms with E-state index in [1.807, 2.05) is 30.3 Å². The topological polar surface area (TPSA) is 66.9 Å². The zero-order chi connectivity index (χ0) is 19.9. The molecule has 28 heavy (non-hydrogen) atoms. The van der Waals surface area contributed by atoms with Gasteiger partial charge < -0.3 is 9.64 Å². The van der Waals surface area contributed by atoms with Crippen molar-refractivity contribution in [3.05, 3.63) is 60.2 Å². The molecule has 6 nitrogen and oxygen atoms in total. The van der Waals surface area contributed by atoms with Crippen molar-refractivity contribution >= 4 is 35.2 Å². The molecule has 0 spiro atoms. The van der Waals surface area contributed by atoms with E-state index in [4.69, 9.17) is 4.74 Å². The molecule has 4 rings (SSSR count). The highest BCUT2D eigenvalue weighted by atomic mass is 32.2. The van der Waals surface area contributed by atoms with Crippen LogP contribution in [0.25, 0.3) is 0 Å². The van der Waals surface area contributed by atoms with E-state index in [-0.39, 0.29) is 18.2 Å². The number of carbonyl (C=O) groups is 3. The minimum absolute atomic E-state index is 0.107. The summed E-state index contributed by atoms with van der Waals surface area (Å²) in [6, 6.07) is 16.4. The van der Waals surface area contributed by atoms with E-state index in [9.17, 15) is 14.4 Å². The van der Waals surface area contributed by atoms with Gasteiger partial charge in [0.05, 0.1) is 5.69 Å². The summed E-state index contributed by atoms with van der Waals surface area (Å²) in [5.41, 5.74) is 1.32. The van der Waals surface area contributed by atoms with Crippen LogP contribution in [0.2, 0.25) is 0 Å². The second-order valence-corrected chi connectivity index (χ2v) is 8.33. The Hall–Kier alpha value is -2.80. The molecule has 2 aromatic carbocycles. The lowest BCUT2D eigenvalue weighted by Crippen LogP contribution is -2.49. The molecule has 2 unspecified atom stereocenters. The predicted molar refractivity (Wildman–Crippen MR) is 106 cm³/mol. The van der Waals surface area contributed by atoms with Gasteiger partial charge in [-0.3, -0.25) is 14.5 Å². The van der Waals surface area contributed by atoms with Crippen LogP contribution in [0.15, 0.2) is 59.5 Å². The van der Waals surface area contributed by atoms with Crippen molar-refractivity contribution in [2.24, 2.45) is 0 Å². The number of amides is 2. The monoisotopic (exact) mass is 396 g/mol. The fourth-order valence-corrected chi connectivity index (χ4v) is 5.00. The van der Waals surface area contributed by atoms with Crippen LogP contribution >= 0.6 is 11.8 Å². The molecule has 0 aliphatic carbocycles. The molecule has 0 saturated carbocycles. The SMILES string of the molecule is CN(C)C(=O)C(OC(=O)C12CCC(=O)N1c1ccccc1S2)c1ccccc1. The Morgan fingerprint density at radius 2 is 1.79 bits per heavy atom. The molecule has 7 heteroatoms. The number of carbonyl (C=O) groups excluding carboxylic acids is 3. The first-order valence-corrected chi connectivity index (χ1v) is 9.84. The quantitative estimate of drug-likeness (QED) is 0.744. The Labute approximate surface area is 167 Å². The number of fused-ring (bicyclic) bond motifs is 3. The van der Waals surface area contributed by atoms with Gasteiger partial charge in [-0.1, -0.05) is 54.2 Å². The van der Waals surface area contributed by atoms with Gasteiger partial charge in [0.1, 0.15) is 0 Å². The molecular formula is C21H20N2O4S. The molecule has 2 aliphatic heterocycles. The maximum atomic E-state index is 13.4. The van der Waals surface area contributed by atoms with E-state index in [0.717, 1.165) is 10.6 Å².